The third-order valence-electron chi connectivity index (χ3n) is 12.6. The lowest BCUT2D eigenvalue weighted by Crippen LogP contribution is -2.37. The van der Waals surface area contributed by atoms with E-state index >= 15 is 0 Å². The molecule has 11 nitrogen and oxygen atoms in total. The number of guanidine groups is 1. The zero-order chi connectivity index (χ0) is 45.7. The van der Waals surface area contributed by atoms with Gasteiger partial charge in [-0.2, -0.15) is 4.99 Å². The van der Waals surface area contributed by atoms with Crippen molar-refractivity contribution >= 4 is 17.9 Å². The number of carbonyl (C=O) groups is 2. The van der Waals surface area contributed by atoms with Crippen LogP contribution in [-0.4, -0.2) is 74.2 Å². The minimum atomic E-state index is -0.549. The Morgan fingerprint density at radius 3 is 1.58 bits per heavy atom. The Bertz CT molecular complexity index is 1100. The Kier molecular flexibility index (Phi) is 45.1. The second-order valence-electron chi connectivity index (χ2n) is 18.6. The molecule has 1 aliphatic rings. The summed E-state index contributed by atoms with van der Waals surface area (Å²) in [7, 11) is 1.75. The van der Waals surface area contributed by atoms with Crippen LogP contribution in [0.25, 0.3) is 0 Å². The minimum Gasteiger partial charge on any atom is -0.495 e. The maximum absolute atomic E-state index is 12.2. The van der Waals surface area contributed by atoms with Gasteiger partial charge in [-0.05, 0) is 109 Å². The van der Waals surface area contributed by atoms with Gasteiger partial charge in [0.25, 0.3) is 0 Å². The number of unbranched alkanes of at least 4 members (excludes halogenated alkanes) is 24. The third kappa shape index (κ3) is 38.7. The summed E-state index contributed by atoms with van der Waals surface area (Å²) in [5.74, 6) is 1.23. The van der Waals surface area contributed by atoms with Crippen LogP contribution in [0.4, 0.5) is 0 Å². The Labute approximate surface area is 394 Å². The first-order chi connectivity index (χ1) is 30.9. The standard InChI is InChI=1S/C53H102N4O6.H2O/c1-6-9-12-15-18-27-34-47-60-52(59)42-31-24-20-26-33-45-57(46-36-43-55-53(54-5)56-63-62-48(4)58)44-32-25-19-23-30-41-51(49-37-35-38-49)61-50(39-28-21-16-13-10-7-2)40-29-22-17-14-11-8-3;/h50H,6-47H2,1-5H3,(H2,54,55,56);1H2. The molecule has 0 heterocycles. The zero-order valence-electron chi connectivity index (χ0n) is 42.6. The molecule has 1 saturated carbocycles. The molecular weight excluding hydrogens is 805 g/mol. The molecule has 0 unspecified atom stereocenters. The molecule has 0 aromatic heterocycles. The minimum absolute atomic E-state index is 0. The Morgan fingerprint density at radius 1 is 0.609 bits per heavy atom. The van der Waals surface area contributed by atoms with Crippen LogP contribution in [0.15, 0.2) is 16.5 Å². The molecule has 0 aromatic rings. The second kappa shape index (κ2) is 47.0. The van der Waals surface area contributed by atoms with Crippen LogP contribution in [-0.2, 0) is 28.9 Å². The predicted octanol–water partition coefficient (Wildman–Crippen LogP) is 13.7. The topological polar surface area (TPSA) is 142 Å². The van der Waals surface area contributed by atoms with Crippen LogP contribution in [0.3, 0.4) is 0 Å². The van der Waals surface area contributed by atoms with E-state index in [1.54, 1.807) is 12.6 Å². The van der Waals surface area contributed by atoms with E-state index in [2.05, 4.69) is 51.3 Å². The highest BCUT2D eigenvalue weighted by atomic mass is 17.3. The van der Waals surface area contributed by atoms with E-state index < -0.39 is 5.97 Å². The van der Waals surface area contributed by atoms with Crippen molar-refractivity contribution in [2.75, 3.05) is 39.8 Å². The molecule has 0 aromatic carbocycles. The average Bonchev–Trinajstić information content (AvgIpc) is 3.25. The molecule has 378 valence electrons. The molecule has 0 spiro atoms. The van der Waals surface area contributed by atoms with Gasteiger partial charge in [-0.25, -0.2) is 9.68 Å². The van der Waals surface area contributed by atoms with Gasteiger partial charge < -0.3 is 30.5 Å². The van der Waals surface area contributed by atoms with Crippen LogP contribution in [0.5, 0.6) is 0 Å². The fraction of sp³-hybridized carbons (Fsp3) is 0.906. The Morgan fingerprint density at radius 2 is 1.08 bits per heavy atom. The van der Waals surface area contributed by atoms with Crippen LogP contribution in [0.2, 0.25) is 0 Å². The summed E-state index contributed by atoms with van der Waals surface area (Å²) >= 11 is 0. The van der Waals surface area contributed by atoms with Gasteiger partial charge in [0.1, 0.15) is 0 Å². The van der Waals surface area contributed by atoms with E-state index in [0.717, 1.165) is 71.1 Å². The van der Waals surface area contributed by atoms with Gasteiger partial charge in [-0.15, -0.1) is 0 Å². The molecule has 64 heavy (non-hydrogen) atoms. The van der Waals surface area contributed by atoms with Gasteiger partial charge in [-0.3, -0.25) is 4.79 Å². The van der Waals surface area contributed by atoms with Crippen molar-refractivity contribution in [3.05, 3.63) is 11.3 Å². The van der Waals surface area contributed by atoms with Crippen LogP contribution >= 0.6 is 0 Å². The maximum Gasteiger partial charge on any atom is 0.354 e. The first-order valence-electron chi connectivity index (χ1n) is 27.0. The molecule has 1 rings (SSSR count). The average molecular weight is 909 g/mol. The maximum atomic E-state index is 12.2. The SMILES string of the molecule is CCCCCCCCCOC(=O)CCCCCCCN(CCCCCCCC(OC(CCCCCCCC)CCCCCCCC)=C1CCC1)CCCN/C(=N\OOC(C)=O)NC.O. The Balaban J connectivity index is 0.0000397. The monoisotopic (exact) mass is 909 g/mol. The number of hydrogen-bond donors (Lipinski definition) is 2. The lowest BCUT2D eigenvalue weighted by atomic mass is 9.89. The quantitative estimate of drug-likeness (QED) is 0.0116. The van der Waals surface area contributed by atoms with E-state index in [4.69, 9.17) is 9.47 Å². The van der Waals surface area contributed by atoms with Gasteiger partial charge in [0.05, 0.1) is 18.5 Å². The van der Waals surface area contributed by atoms with Crippen molar-refractivity contribution < 1.29 is 34.4 Å². The van der Waals surface area contributed by atoms with E-state index in [9.17, 15) is 9.59 Å². The number of carbonyl (C=O) groups excluding carboxylic acids is 2. The number of hydrogen-bond acceptors (Lipinski definition) is 8. The highest BCUT2D eigenvalue weighted by Crippen LogP contribution is 2.33. The summed E-state index contributed by atoms with van der Waals surface area (Å²) < 4.78 is 12.5. The van der Waals surface area contributed by atoms with Crippen molar-refractivity contribution in [1.29, 1.82) is 0 Å². The normalized spacial score (nSPS) is 12.5. The van der Waals surface area contributed by atoms with Gasteiger partial charge in [0.15, 0.2) is 0 Å². The molecule has 1 aliphatic carbocycles. The summed E-state index contributed by atoms with van der Waals surface area (Å²) in [4.78, 5) is 34.9. The van der Waals surface area contributed by atoms with Crippen molar-refractivity contribution in [3.8, 4) is 0 Å². The molecular formula is C53H104N4O7. The molecule has 0 bridgehead atoms. The smallest absolute Gasteiger partial charge is 0.354 e. The number of nitrogens with one attached hydrogen (secondary N) is 2. The molecule has 0 aliphatic heterocycles. The first-order valence-corrected chi connectivity index (χ1v) is 27.0. The number of allylic oxidation sites excluding steroid dienone is 2. The number of nitrogens with zero attached hydrogens (tertiary/aromatic N) is 2. The molecule has 4 N–H and O–H groups in total. The van der Waals surface area contributed by atoms with E-state index in [-0.39, 0.29) is 11.4 Å². The summed E-state index contributed by atoms with van der Waals surface area (Å²) in [5, 5.41) is 9.98. The van der Waals surface area contributed by atoms with Gasteiger partial charge in [0.2, 0.25) is 5.96 Å². The predicted molar refractivity (Wildman–Crippen MR) is 268 cm³/mol. The lowest BCUT2D eigenvalue weighted by molar-refractivity contribution is -0.271. The summed E-state index contributed by atoms with van der Waals surface area (Å²) in [6, 6.07) is 0. The molecule has 0 atom stereocenters. The van der Waals surface area contributed by atoms with E-state index in [1.807, 2.05) is 0 Å². The van der Waals surface area contributed by atoms with Gasteiger partial charge >= 0.3 is 11.9 Å². The van der Waals surface area contributed by atoms with Crippen LogP contribution in [0, 0.1) is 0 Å². The van der Waals surface area contributed by atoms with Crippen molar-refractivity contribution in [2.24, 2.45) is 5.16 Å². The molecule has 11 heteroatoms. The number of esters is 1. The third-order valence-corrected chi connectivity index (χ3v) is 12.6. The zero-order valence-corrected chi connectivity index (χ0v) is 42.6. The van der Waals surface area contributed by atoms with E-state index in [1.165, 1.54) is 199 Å². The number of oxime groups is 1. The molecule has 1 fully saturated rings. The van der Waals surface area contributed by atoms with Gasteiger partial charge in [-0.1, -0.05) is 162 Å². The highest BCUT2D eigenvalue weighted by Gasteiger charge is 2.20. The van der Waals surface area contributed by atoms with Crippen molar-refractivity contribution in [1.82, 2.24) is 15.5 Å². The van der Waals surface area contributed by atoms with Gasteiger partial charge in [0, 0.05) is 38.5 Å². The fourth-order valence-corrected chi connectivity index (χ4v) is 8.44. The second-order valence-corrected chi connectivity index (χ2v) is 18.6. The number of ether oxygens (including phenoxy) is 2. The first kappa shape index (κ1) is 61.5. The molecule has 0 saturated heterocycles. The summed E-state index contributed by atoms with van der Waals surface area (Å²) in [6.07, 6.45) is 46.0. The van der Waals surface area contributed by atoms with Crippen molar-refractivity contribution in [2.45, 2.75) is 271 Å². The van der Waals surface area contributed by atoms with Crippen molar-refractivity contribution in [3.63, 3.8) is 0 Å². The van der Waals surface area contributed by atoms with Crippen LogP contribution in [0.1, 0.15) is 265 Å². The van der Waals surface area contributed by atoms with Crippen LogP contribution < -0.4 is 10.6 Å². The molecule has 0 amide bonds. The largest absolute Gasteiger partial charge is 0.495 e. The molecule has 0 radical (unpaired) electrons. The summed E-state index contributed by atoms with van der Waals surface area (Å²) in [5.41, 5.74) is 1.62. The van der Waals surface area contributed by atoms with E-state index in [0.29, 0.717) is 25.1 Å². The highest BCUT2D eigenvalue weighted by molar-refractivity contribution is 5.78. The number of rotatable bonds is 46. The lowest BCUT2D eigenvalue weighted by Gasteiger charge is -2.27. The summed E-state index contributed by atoms with van der Waals surface area (Å²) in [6.45, 7) is 12.6. The fourth-order valence-electron chi connectivity index (χ4n) is 8.44. The Hall–Kier alpha value is -2.53.